The van der Waals surface area contributed by atoms with E-state index in [9.17, 15) is 4.79 Å². The van der Waals surface area contributed by atoms with Gasteiger partial charge in [-0.15, -0.1) is 0 Å². The van der Waals surface area contributed by atoms with Gasteiger partial charge in [0.2, 0.25) is 0 Å². The lowest BCUT2D eigenvalue weighted by Gasteiger charge is -2.33. The summed E-state index contributed by atoms with van der Waals surface area (Å²) in [5.74, 6) is 0.159. The first-order chi connectivity index (χ1) is 9.56. The van der Waals surface area contributed by atoms with E-state index < -0.39 is 0 Å². The molecule has 108 valence electrons. The monoisotopic (exact) mass is 402 g/mol. The van der Waals surface area contributed by atoms with E-state index in [-0.39, 0.29) is 11.8 Å². The Balaban J connectivity index is 2.18. The van der Waals surface area contributed by atoms with E-state index in [1.165, 1.54) is 0 Å². The third-order valence-electron chi connectivity index (χ3n) is 3.62. The van der Waals surface area contributed by atoms with Gasteiger partial charge in [-0.2, -0.15) is 0 Å². The summed E-state index contributed by atoms with van der Waals surface area (Å²) in [4.78, 5) is 14.4. The summed E-state index contributed by atoms with van der Waals surface area (Å²) in [5.41, 5.74) is 1.46. The largest absolute Gasteiger partial charge is 0.411 e. The van der Waals surface area contributed by atoms with Crippen molar-refractivity contribution < 1.29 is 10.0 Å². The zero-order valence-electron chi connectivity index (χ0n) is 11.1. The van der Waals surface area contributed by atoms with Crippen LogP contribution in [0.1, 0.15) is 30.1 Å². The second-order valence-electron chi connectivity index (χ2n) is 4.82. The molecule has 1 aliphatic heterocycles. The molecule has 6 heteroatoms. The van der Waals surface area contributed by atoms with Gasteiger partial charge in [0.05, 0.1) is 11.3 Å². The lowest BCUT2D eigenvalue weighted by Crippen LogP contribution is -2.44. The first kappa shape index (κ1) is 15.5. The highest BCUT2D eigenvalue weighted by atomic mass is 79.9. The lowest BCUT2D eigenvalue weighted by atomic mass is 9.93. The third-order valence-corrected chi connectivity index (χ3v) is 4.77. The maximum Gasteiger partial charge on any atom is 0.255 e. The fourth-order valence-electron chi connectivity index (χ4n) is 2.43. The number of oxime groups is 1. The Morgan fingerprint density at radius 1 is 1.50 bits per heavy atom. The molecule has 2 rings (SSSR count). The smallest absolute Gasteiger partial charge is 0.255 e. The molecule has 1 heterocycles. The second-order valence-corrected chi connectivity index (χ2v) is 6.59. The average molecular weight is 404 g/mol. The van der Waals surface area contributed by atoms with Gasteiger partial charge < -0.3 is 10.1 Å². The number of rotatable bonds is 2. The van der Waals surface area contributed by atoms with Crippen LogP contribution < -0.4 is 0 Å². The van der Waals surface area contributed by atoms with Crippen molar-refractivity contribution in [1.29, 1.82) is 0 Å². The molecule has 1 atom stereocenters. The maximum atomic E-state index is 12.6. The van der Waals surface area contributed by atoms with Gasteiger partial charge in [0.1, 0.15) is 0 Å². The molecule has 0 spiro atoms. The summed E-state index contributed by atoms with van der Waals surface area (Å²) in [6, 6.07) is 5.54. The number of benzene rings is 1. The third kappa shape index (κ3) is 3.23. The molecule has 0 radical (unpaired) electrons. The first-order valence-corrected chi connectivity index (χ1v) is 8.10. The van der Waals surface area contributed by atoms with E-state index >= 15 is 0 Å². The Morgan fingerprint density at radius 3 is 2.85 bits per heavy atom. The fraction of sp³-hybridized carbons (Fsp3) is 0.429. The van der Waals surface area contributed by atoms with Crippen LogP contribution in [0.25, 0.3) is 0 Å². The Hall–Kier alpha value is -0.880. The SMILES string of the molecule is CCC1CN(C(=O)c2ccc(Br)cc2Br)CC/C1=N\O. The Morgan fingerprint density at radius 2 is 2.25 bits per heavy atom. The van der Waals surface area contributed by atoms with Crippen LogP contribution in [0.4, 0.5) is 0 Å². The Labute approximate surface area is 135 Å². The number of hydrogen-bond donors (Lipinski definition) is 1. The Bertz CT molecular complexity index is 546. The molecule has 20 heavy (non-hydrogen) atoms. The van der Waals surface area contributed by atoms with E-state index in [1.54, 1.807) is 0 Å². The molecule has 1 N–H and O–H groups in total. The highest BCUT2D eigenvalue weighted by Crippen LogP contribution is 2.25. The number of carbonyl (C=O) groups excluding carboxylic acids is 1. The van der Waals surface area contributed by atoms with Gasteiger partial charge in [0.15, 0.2) is 0 Å². The fourth-order valence-corrected chi connectivity index (χ4v) is 3.65. The van der Waals surface area contributed by atoms with Crippen molar-refractivity contribution >= 4 is 43.5 Å². The van der Waals surface area contributed by atoms with Gasteiger partial charge in [0.25, 0.3) is 5.91 Å². The van der Waals surface area contributed by atoms with Gasteiger partial charge in [0, 0.05) is 34.4 Å². The van der Waals surface area contributed by atoms with Crippen molar-refractivity contribution in [2.75, 3.05) is 13.1 Å². The summed E-state index contributed by atoms with van der Waals surface area (Å²) < 4.78 is 1.72. The molecular weight excluding hydrogens is 388 g/mol. The topological polar surface area (TPSA) is 52.9 Å². The van der Waals surface area contributed by atoms with Crippen molar-refractivity contribution in [2.45, 2.75) is 19.8 Å². The summed E-state index contributed by atoms with van der Waals surface area (Å²) in [5, 5.41) is 12.3. The van der Waals surface area contributed by atoms with Crippen LogP contribution in [0.2, 0.25) is 0 Å². The predicted octanol–water partition coefficient (Wildman–Crippen LogP) is 3.91. The van der Waals surface area contributed by atoms with E-state index in [4.69, 9.17) is 5.21 Å². The molecule has 1 saturated heterocycles. The van der Waals surface area contributed by atoms with E-state index in [0.717, 1.165) is 21.1 Å². The minimum Gasteiger partial charge on any atom is -0.411 e. The first-order valence-electron chi connectivity index (χ1n) is 6.52. The normalized spacial score (nSPS) is 21.2. The molecule has 0 saturated carbocycles. The second kappa shape index (κ2) is 6.72. The molecule has 1 unspecified atom stereocenters. The molecule has 0 bridgehead atoms. The molecule has 4 nitrogen and oxygen atoms in total. The van der Waals surface area contributed by atoms with Crippen LogP contribution in [0.5, 0.6) is 0 Å². The zero-order valence-corrected chi connectivity index (χ0v) is 14.3. The highest BCUT2D eigenvalue weighted by molar-refractivity contribution is 9.11. The molecule has 1 aliphatic rings. The summed E-state index contributed by atoms with van der Waals surface area (Å²) in [6.45, 7) is 3.24. The minimum atomic E-state index is 0.0137. The highest BCUT2D eigenvalue weighted by Gasteiger charge is 2.28. The number of halogens is 2. The summed E-state index contributed by atoms with van der Waals surface area (Å²) in [6.07, 6.45) is 1.50. The van der Waals surface area contributed by atoms with Crippen LogP contribution >= 0.6 is 31.9 Å². The summed E-state index contributed by atoms with van der Waals surface area (Å²) >= 11 is 6.81. The van der Waals surface area contributed by atoms with Crippen molar-refractivity contribution in [3.05, 3.63) is 32.7 Å². The summed E-state index contributed by atoms with van der Waals surface area (Å²) in [7, 11) is 0. The van der Waals surface area contributed by atoms with Crippen LogP contribution in [-0.4, -0.2) is 34.8 Å². The lowest BCUT2D eigenvalue weighted by molar-refractivity contribution is 0.0728. The molecule has 1 aromatic rings. The number of nitrogens with zero attached hydrogens (tertiary/aromatic N) is 2. The van der Waals surface area contributed by atoms with E-state index in [2.05, 4.69) is 37.0 Å². The number of amides is 1. The van der Waals surface area contributed by atoms with Crippen molar-refractivity contribution in [3.63, 3.8) is 0 Å². The van der Waals surface area contributed by atoms with E-state index in [1.807, 2.05) is 30.0 Å². The van der Waals surface area contributed by atoms with Gasteiger partial charge in [-0.25, -0.2) is 0 Å². The number of hydrogen-bond acceptors (Lipinski definition) is 3. The molecule has 1 amide bonds. The van der Waals surface area contributed by atoms with Crippen LogP contribution in [-0.2, 0) is 0 Å². The number of piperidine rings is 1. The van der Waals surface area contributed by atoms with Gasteiger partial charge in [-0.05, 0) is 40.5 Å². The zero-order chi connectivity index (χ0) is 14.7. The quantitative estimate of drug-likeness (QED) is 0.601. The molecule has 1 fully saturated rings. The van der Waals surface area contributed by atoms with Crippen LogP contribution in [0.3, 0.4) is 0 Å². The standard InChI is InChI=1S/C14H16Br2N2O2/c1-2-9-8-18(6-5-13(9)17-20)14(19)11-4-3-10(15)7-12(11)16/h3-4,7,9,20H,2,5-6,8H2,1H3/b17-13+. The van der Waals surface area contributed by atoms with Gasteiger partial charge in [-0.1, -0.05) is 28.0 Å². The van der Waals surface area contributed by atoms with Gasteiger partial charge >= 0.3 is 0 Å². The Kier molecular flexibility index (Phi) is 5.21. The van der Waals surface area contributed by atoms with Crippen molar-refractivity contribution in [1.82, 2.24) is 4.90 Å². The molecular formula is C14H16Br2N2O2. The van der Waals surface area contributed by atoms with E-state index in [0.29, 0.717) is 25.1 Å². The van der Waals surface area contributed by atoms with Crippen molar-refractivity contribution in [3.8, 4) is 0 Å². The predicted molar refractivity (Wildman–Crippen MR) is 85.4 cm³/mol. The molecule has 0 aromatic heterocycles. The average Bonchev–Trinajstić information content (AvgIpc) is 2.45. The molecule has 0 aliphatic carbocycles. The van der Waals surface area contributed by atoms with Crippen LogP contribution in [0.15, 0.2) is 32.3 Å². The molecule has 1 aromatic carbocycles. The number of likely N-dealkylation sites (tertiary alicyclic amines) is 1. The minimum absolute atomic E-state index is 0.0137. The van der Waals surface area contributed by atoms with Crippen molar-refractivity contribution in [2.24, 2.45) is 11.1 Å². The van der Waals surface area contributed by atoms with Gasteiger partial charge in [-0.3, -0.25) is 4.79 Å². The number of carbonyl (C=O) groups is 1. The van der Waals surface area contributed by atoms with Crippen LogP contribution in [0, 0.1) is 5.92 Å². The maximum absolute atomic E-state index is 12.6.